The third-order valence-electron chi connectivity index (χ3n) is 3.50. The topological polar surface area (TPSA) is 66.9 Å². The van der Waals surface area contributed by atoms with Crippen LogP contribution in [0.25, 0.3) is 0 Å². The van der Waals surface area contributed by atoms with Gasteiger partial charge in [-0.1, -0.05) is 35.9 Å². The maximum Gasteiger partial charge on any atom is 0.271 e. The fraction of sp³-hybridized carbons (Fsp3) is 0.0556. The lowest BCUT2D eigenvalue weighted by atomic mass is 10.2. The lowest BCUT2D eigenvalue weighted by molar-refractivity contribution is 0.0945. The van der Waals surface area contributed by atoms with E-state index < -0.39 is 17.5 Å². The van der Waals surface area contributed by atoms with Crippen molar-refractivity contribution in [3.05, 3.63) is 82.8 Å². The van der Waals surface area contributed by atoms with Crippen molar-refractivity contribution in [2.24, 2.45) is 0 Å². The minimum absolute atomic E-state index is 0.0663. The Morgan fingerprint density at radius 2 is 1.73 bits per heavy atom. The summed E-state index contributed by atoms with van der Waals surface area (Å²) in [6, 6.07) is 10.6. The molecule has 0 aliphatic rings. The van der Waals surface area contributed by atoms with Crippen molar-refractivity contribution in [1.29, 1.82) is 0 Å². The number of hydrogen-bond acceptors (Lipinski definition) is 4. The Morgan fingerprint density at radius 3 is 2.38 bits per heavy atom. The number of nitrogens with one attached hydrogen (secondary N) is 2. The number of carbonyl (C=O) groups is 1. The third kappa shape index (κ3) is 4.12. The van der Waals surface area contributed by atoms with Crippen LogP contribution in [0.1, 0.15) is 16.1 Å². The smallest absolute Gasteiger partial charge is 0.271 e. The highest BCUT2D eigenvalue weighted by molar-refractivity contribution is 6.31. The quantitative estimate of drug-likeness (QED) is 0.706. The van der Waals surface area contributed by atoms with Crippen molar-refractivity contribution in [3.63, 3.8) is 0 Å². The molecule has 1 amide bonds. The van der Waals surface area contributed by atoms with Crippen LogP contribution in [0.4, 0.5) is 20.3 Å². The van der Waals surface area contributed by atoms with Crippen LogP contribution in [-0.2, 0) is 6.54 Å². The van der Waals surface area contributed by atoms with Gasteiger partial charge in [-0.2, -0.15) is 0 Å². The van der Waals surface area contributed by atoms with E-state index in [0.717, 1.165) is 17.7 Å². The molecule has 0 spiro atoms. The fourth-order valence-electron chi connectivity index (χ4n) is 2.16. The molecule has 3 aromatic rings. The van der Waals surface area contributed by atoms with Crippen LogP contribution in [0.5, 0.6) is 0 Å². The summed E-state index contributed by atoms with van der Waals surface area (Å²) in [5, 5.41) is 5.72. The Morgan fingerprint density at radius 1 is 1.00 bits per heavy atom. The van der Waals surface area contributed by atoms with E-state index in [1.54, 1.807) is 18.2 Å². The van der Waals surface area contributed by atoms with Gasteiger partial charge in [0.25, 0.3) is 5.91 Å². The molecule has 0 saturated heterocycles. The Balaban J connectivity index is 1.65. The number of anilines is 2. The third-order valence-corrected chi connectivity index (χ3v) is 3.87. The van der Waals surface area contributed by atoms with Crippen LogP contribution in [-0.4, -0.2) is 15.9 Å². The number of para-hydroxylation sites is 1. The zero-order valence-electron chi connectivity index (χ0n) is 13.3. The normalized spacial score (nSPS) is 10.4. The molecule has 2 N–H and O–H groups in total. The van der Waals surface area contributed by atoms with Crippen LogP contribution < -0.4 is 10.6 Å². The summed E-state index contributed by atoms with van der Waals surface area (Å²) >= 11 is 6.03. The van der Waals surface area contributed by atoms with Gasteiger partial charge in [-0.15, -0.1) is 0 Å². The highest BCUT2D eigenvalue weighted by Gasteiger charge is 2.12. The molecular formula is C18H13ClF2N4O. The molecule has 0 unspecified atom stereocenters. The standard InChI is InChI=1S/C18H13ClF2N4O/c19-12-5-2-1-4-11(12)8-24-18(26)15-9-23-16(10-22-15)25-17-13(20)6-3-7-14(17)21/h1-7,9-10H,8H2,(H,23,25)(H,24,26). The van der Waals surface area contributed by atoms with Gasteiger partial charge >= 0.3 is 0 Å². The van der Waals surface area contributed by atoms with E-state index in [1.165, 1.54) is 18.5 Å². The number of amides is 1. The second kappa shape index (κ2) is 7.88. The van der Waals surface area contributed by atoms with Crippen molar-refractivity contribution in [2.45, 2.75) is 6.54 Å². The Kier molecular flexibility index (Phi) is 5.38. The zero-order chi connectivity index (χ0) is 18.5. The molecule has 0 aliphatic heterocycles. The number of rotatable bonds is 5. The SMILES string of the molecule is O=C(NCc1ccccc1Cl)c1cnc(Nc2c(F)cccc2F)cn1. The van der Waals surface area contributed by atoms with Gasteiger partial charge in [0.15, 0.2) is 0 Å². The molecule has 0 radical (unpaired) electrons. The summed E-state index contributed by atoms with van der Waals surface area (Å²) in [6.07, 6.45) is 2.43. The molecule has 0 saturated carbocycles. The van der Waals surface area contributed by atoms with E-state index in [9.17, 15) is 13.6 Å². The van der Waals surface area contributed by atoms with Gasteiger partial charge < -0.3 is 10.6 Å². The molecule has 5 nitrogen and oxygen atoms in total. The second-order valence-electron chi connectivity index (χ2n) is 5.28. The number of aromatic nitrogens is 2. The van der Waals surface area contributed by atoms with Crippen molar-refractivity contribution in [2.75, 3.05) is 5.32 Å². The minimum Gasteiger partial charge on any atom is -0.347 e. The van der Waals surface area contributed by atoms with Crippen LogP contribution in [0.2, 0.25) is 5.02 Å². The summed E-state index contributed by atoms with van der Waals surface area (Å²) in [5.74, 6) is -1.85. The summed E-state index contributed by atoms with van der Waals surface area (Å²) in [7, 11) is 0. The monoisotopic (exact) mass is 374 g/mol. The highest BCUT2D eigenvalue weighted by atomic mass is 35.5. The van der Waals surface area contributed by atoms with Crippen molar-refractivity contribution >= 4 is 29.0 Å². The van der Waals surface area contributed by atoms with Gasteiger partial charge in [0, 0.05) is 11.6 Å². The molecule has 3 rings (SSSR count). The number of halogens is 3. The molecule has 26 heavy (non-hydrogen) atoms. The largest absolute Gasteiger partial charge is 0.347 e. The summed E-state index contributed by atoms with van der Waals surface area (Å²) < 4.78 is 27.2. The number of carbonyl (C=O) groups excluding carboxylic acids is 1. The predicted octanol–water partition coefficient (Wildman–Crippen LogP) is 4.08. The zero-order valence-corrected chi connectivity index (χ0v) is 14.1. The summed E-state index contributed by atoms with van der Waals surface area (Å²) in [6.45, 7) is 0.237. The van der Waals surface area contributed by atoms with Crippen LogP contribution in [0, 0.1) is 11.6 Å². The minimum atomic E-state index is -0.756. The van der Waals surface area contributed by atoms with Gasteiger partial charge in [-0.3, -0.25) is 4.79 Å². The molecule has 1 aromatic heterocycles. The first-order valence-corrected chi connectivity index (χ1v) is 7.97. The Bertz CT molecular complexity index is 914. The van der Waals surface area contributed by atoms with Gasteiger partial charge in [0.1, 0.15) is 28.8 Å². The van der Waals surface area contributed by atoms with Gasteiger partial charge in [0.2, 0.25) is 0 Å². The molecule has 0 atom stereocenters. The van der Waals surface area contributed by atoms with Crippen LogP contribution >= 0.6 is 11.6 Å². The molecule has 8 heteroatoms. The van der Waals surface area contributed by atoms with Crippen molar-refractivity contribution < 1.29 is 13.6 Å². The van der Waals surface area contributed by atoms with E-state index in [0.29, 0.717) is 5.02 Å². The molecule has 2 aromatic carbocycles. The van der Waals surface area contributed by atoms with E-state index >= 15 is 0 Å². The Labute approximate surface area is 153 Å². The van der Waals surface area contributed by atoms with Gasteiger partial charge in [0.05, 0.1) is 12.4 Å². The lowest BCUT2D eigenvalue weighted by Gasteiger charge is -2.09. The molecule has 0 aliphatic carbocycles. The maximum absolute atomic E-state index is 13.6. The van der Waals surface area contributed by atoms with Gasteiger partial charge in [-0.25, -0.2) is 18.7 Å². The molecule has 0 bridgehead atoms. The average Bonchev–Trinajstić information content (AvgIpc) is 2.64. The molecule has 1 heterocycles. The molecule has 0 fully saturated rings. The van der Waals surface area contributed by atoms with Gasteiger partial charge in [-0.05, 0) is 23.8 Å². The number of nitrogens with zero attached hydrogens (tertiary/aromatic N) is 2. The maximum atomic E-state index is 13.6. The number of benzene rings is 2. The first-order valence-electron chi connectivity index (χ1n) is 7.59. The van der Waals surface area contributed by atoms with Crippen LogP contribution in [0.3, 0.4) is 0 Å². The molecular weight excluding hydrogens is 362 g/mol. The molecule has 132 valence electrons. The van der Waals surface area contributed by atoms with E-state index in [1.807, 2.05) is 6.07 Å². The van der Waals surface area contributed by atoms with Crippen molar-refractivity contribution in [1.82, 2.24) is 15.3 Å². The summed E-state index contributed by atoms with van der Waals surface area (Å²) in [5.41, 5.74) is 0.498. The fourth-order valence-corrected chi connectivity index (χ4v) is 2.37. The van der Waals surface area contributed by atoms with E-state index in [-0.39, 0.29) is 23.7 Å². The summed E-state index contributed by atoms with van der Waals surface area (Å²) in [4.78, 5) is 20.0. The Hall–Kier alpha value is -3.06. The van der Waals surface area contributed by atoms with E-state index in [4.69, 9.17) is 11.6 Å². The lowest BCUT2D eigenvalue weighted by Crippen LogP contribution is -2.24. The highest BCUT2D eigenvalue weighted by Crippen LogP contribution is 2.21. The first-order chi connectivity index (χ1) is 12.5. The van der Waals surface area contributed by atoms with Crippen molar-refractivity contribution in [3.8, 4) is 0 Å². The average molecular weight is 375 g/mol. The van der Waals surface area contributed by atoms with Crippen LogP contribution in [0.15, 0.2) is 54.9 Å². The van der Waals surface area contributed by atoms with E-state index in [2.05, 4.69) is 20.6 Å². The number of hydrogen-bond donors (Lipinski definition) is 2. The predicted molar refractivity (Wildman–Crippen MR) is 94.3 cm³/mol. The second-order valence-corrected chi connectivity index (χ2v) is 5.69. The first kappa shape index (κ1) is 17.8.